The van der Waals surface area contributed by atoms with Gasteiger partial charge in [-0.2, -0.15) is 16.9 Å². The van der Waals surface area contributed by atoms with Crippen LogP contribution in [0.5, 0.6) is 0 Å². The highest BCUT2D eigenvalue weighted by molar-refractivity contribution is 7.99. The van der Waals surface area contributed by atoms with Crippen molar-refractivity contribution >= 4 is 21.8 Å². The average Bonchev–Trinajstić information content (AvgIpc) is 2.86. The summed E-state index contributed by atoms with van der Waals surface area (Å²) < 4.78 is 28.8. The van der Waals surface area contributed by atoms with Gasteiger partial charge in [0.1, 0.15) is 4.90 Å². The van der Waals surface area contributed by atoms with Crippen molar-refractivity contribution in [1.82, 2.24) is 19.8 Å². The van der Waals surface area contributed by atoms with Crippen LogP contribution in [0.2, 0.25) is 0 Å². The lowest BCUT2D eigenvalue weighted by Gasteiger charge is -2.21. The second-order valence-corrected chi connectivity index (χ2v) is 7.44. The summed E-state index contributed by atoms with van der Waals surface area (Å²) in [6.45, 7) is 1.42. The molecular weight excluding hydrogens is 284 g/mol. The van der Waals surface area contributed by atoms with Crippen LogP contribution in [-0.4, -0.2) is 49.3 Å². The Hall–Kier alpha value is -0.570. The zero-order chi connectivity index (χ0) is 13.7. The van der Waals surface area contributed by atoms with Crippen molar-refractivity contribution in [2.45, 2.75) is 30.3 Å². The molecule has 1 fully saturated rings. The summed E-state index contributed by atoms with van der Waals surface area (Å²) in [5.41, 5.74) is 0. The van der Waals surface area contributed by atoms with Gasteiger partial charge in [0.2, 0.25) is 10.0 Å². The van der Waals surface area contributed by atoms with Crippen molar-refractivity contribution in [2.24, 2.45) is 0 Å². The lowest BCUT2D eigenvalue weighted by atomic mass is 10.2. The molecular formula is C11H20N4O2S2. The van der Waals surface area contributed by atoms with E-state index in [9.17, 15) is 8.42 Å². The topological polar surface area (TPSA) is 76.0 Å². The first-order valence-corrected chi connectivity index (χ1v) is 9.03. The highest BCUT2D eigenvalue weighted by Crippen LogP contribution is 2.19. The Balaban J connectivity index is 1.99. The summed E-state index contributed by atoms with van der Waals surface area (Å²) >= 11 is 1.80. The minimum Gasteiger partial charge on any atom is -0.318 e. The molecule has 2 N–H and O–H groups in total. The fourth-order valence-corrected chi connectivity index (χ4v) is 4.35. The number of likely N-dealkylation sites (N-methyl/N-ethyl adjacent to an activating group) is 1. The SMILES string of the molecule is CNCCn1cc(S(=O)(=O)NC2CCCSC2)cn1. The van der Waals surface area contributed by atoms with Gasteiger partial charge in [-0.1, -0.05) is 0 Å². The van der Waals surface area contributed by atoms with Gasteiger partial charge in [-0.3, -0.25) is 4.68 Å². The van der Waals surface area contributed by atoms with Crippen LogP contribution >= 0.6 is 11.8 Å². The minimum absolute atomic E-state index is 0.0457. The van der Waals surface area contributed by atoms with Gasteiger partial charge in [0.25, 0.3) is 0 Å². The van der Waals surface area contributed by atoms with Gasteiger partial charge in [-0.25, -0.2) is 13.1 Å². The van der Waals surface area contributed by atoms with E-state index in [0.717, 1.165) is 30.9 Å². The Morgan fingerprint density at radius 1 is 1.58 bits per heavy atom. The normalized spacial score (nSPS) is 20.6. The molecule has 0 aliphatic carbocycles. The number of nitrogens with one attached hydrogen (secondary N) is 2. The molecule has 19 heavy (non-hydrogen) atoms. The van der Waals surface area contributed by atoms with Crippen LogP contribution in [0.25, 0.3) is 0 Å². The summed E-state index contributed by atoms with van der Waals surface area (Å²) in [6.07, 6.45) is 4.98. The van der Waals surface area contributed by atoms with Crippen LogP contribution in [0.15, 0.2) is 17.3 Å². The summed E-state index contributed by atoms with van der Waals surface area (Å²) in [4.78, 5) is 0.249. The molecule has 0 aromatic carbocycles. The van der Waals surface area contributed by atoms with E-state index in [2.05, 4.69) is 15.1 Å². The maximum atomic E-state index is 12.2. The molecule has 1 aliphatic heterocycles. The van der Waals surface area contributed by atoms with Crippen molar-refractivity contribution < 1.29 is 8.42 Å². The molecule has 1 atom stereocenters. The van der Waals surface area contributed by atoms with Gasteiger partial charge in [0.15, 0.2) is 0 Å². The van der Waals surface area contributed by atoms with Gasteiger partial charge in [0, 0.05) is 24.5 Å². The lowest BCUT2D eigenvalue weighted by molar-refractivity contribution is 0.542. The molecule has 2 rings (SSSR count). The lowest BCUT2D eigenvalue weighted by Crippen LogP contribution is -2.38. The maximum Gasteiger partial charge on any atom is 0.243 e. The maximum absolute atomic E-state index is 12.2. The average molecular weight is 304 g/mol. The highest BCUT2D eigenvalue weighted by Gasteiger charge is 2.23. The quantitative estimate of drug-likeness (QED) is 0.789. The summed E-state index contributed by atoms with van der Waals surface area (Å²) in [7, 11) is -1.58. The largest absolute Gasteiger partial charge is 0.318 e. The molecule has 0 bridgehead atoms. The Labute approximate surface area is 118 Å². The molecule has 2 heterocycles. The smallest absolute Gasteiger partial charge is 0.243 e. The Morgan fingerprint density at radius 2 is 2.42 bits per heavy atom. The van der Waals surface area contributed by atoms with Gasteiger partial charge >= 0.3 is 0 Å². The zero-order valence-electron chi connectivity index (χ0n) is 11.0. The van der Waals surface area contributed by atoms with Crippen molar-refractivity contribution in [3.05, 3.63) is 12.4 Å². The van der Waals surface area contributed by atoms with Gasteiger partial charge in [-0.15, -0.1) is 0 Å². The Kier molecular flexibility index (Phi) is 5.26. The van der Waals surface area contributed by atoms with Crippen LogP contribution in [-0.2, 0) is 16.6 Å². The van der Waals surface area contributed by atoms with E-state index in [4.69, 9.17) is 0 Å². The number of thioether (sulfide) groups is 1. The second-order valence-electron chi connectivity index (χ2n) is 4.58. The molecule has 6 nitrogen and oxygen atoms in total. The molecule has 1 aromatic rings. The van der Waals surface area contributed by atoms with Crippen molar-refractivity contribution in [2.75, 3.05) is 25.1 Å². The van der Waals surface area contributed by atoms with Crippen LogP contribution in [0.3, 0.4) is 0 Å². The summed E-state index contributed by atoms with van der Waals surface area (Å²) in [5, 5.41) is 7.07. The van der Waals surface area contributed by atoms with E-state index in [0.29, 0.717) is 6.54 Å². The number of aromatic nitrogens is 2. The minimum atomic E-state index is -3.43. The predicted octanol–water partition coefficient (Wildman–Crippen LogP) is 0.276. The number of hydrogen-bond donors (Lipinski definition) is 2. The Bertz CT molecular complexity index is 495. The van der Waals surface area contributed by atoms with Gasteiger partial charge in [0.05, 0.1) is 12.7 Å². The number of nitrogens with zero attached hydrogens (tertiary/aromatic N) is 2. The molecule has 0 amide bonds. The second kappa shape index (κ2) is 6.74. The molecule has 1 aliphatic rings. The van der Waals surface area contributed by atoms with Crippen LogP contribution < -0.4 is 10.0 Å². The third-order valence-corrected chi connectivity index (χ3v) is 5.68. The Morgan fingerprint density at radius 3 is 3.11 bits per heavy atom. The first kappa shape index (κ1) is 14.8. The van der Waals surface area contributed by atoms with E-state index in [-0.39, 0.29) is 10.9 Å². The molecule has 8 heteroatoms. The first-order chi connectivity index (χ1) is 9.12. The van der Waals surface area contributed by atoms with Crippen LogP contribution in [0.4, 0.5) is 0 Å². The number of sulfonamides is 1. The summed E-state index contributed by atoms with van der Waals surface area (Å²) in [5.74, 6) is 1.98. The third-order valence-electron chi connectivity index (χ3n) is 2.99. The number of rotatable bonds is 6. The van der Waals surface area contributed by atoms with Gasteiger partial charge in [-0.05, 0) is 25.6 Å². The van der Waals surface area contributed by atoms with Crippen molar-refractivity contribution in [1.29, 1.82) is 0 Å². The summed E-state index contributed by atoms with van der Waals surface area (Å²) in [6, 6.07) is 0.0457. The van der Waals surface area contributed by atoms with E-state index in [1.54, 1.807) is 22.6 Å². The molecule has 0 saturated carbocycles. The third kappa shape index (κ3) is 4.20. The molecule has 1 aromatic heterocycles. The standard InChI is InChI=1S/C11H20N4O2S2/c1-12-4-5-15-8-11(7-13-15)19(16,17)14-10-3-2-6-18-9-10/h7-8,10,12,14H,2-6,9H2,1H3. The van der Waals surface area contributed by atoms with Crippen molar-refractivity contribution in [3.63, 3.8) is 0 Å². The molecule has 108 valence electrons. The molecule has 1 unspecified atom stereocenters. The van der Waals surface area contributed by atoms with E-state index in [1.165, 1.54) is 6.20 Å². The van der Waals surface area contributed by atoms with Gasteiger partial charge < -0.3 is 5.32 Å². The fraction of sp³-hybridized carbons (Fsp3) is 0.727. The molecule has 0 radical (unpaired) electrons. The first-order valence-electron chi connectivity index (χ1n) is 6.39. The molecule has 1 saturated heterocycles. The monoisotopic (exact) mass is 304 g/mol. The van der Waals surface area contributed by atoms with E-state index >= 15 is 0 Å². The van der Waals surface area contributed by atoms with Crippen LogP contribution in [0, 0.1) is 0 Å². The fourth-order valence-electron chi connectivity index (χ4n) is 1.95. The number of hydrogen-bond acceptors (Lipinski definition) is 5. The van der Waals surface area contributed by atoms with Crippen LogP contribution in [0.1, 0.15) is 12.8 Å². The highest BCUT2D eigenvalue weighted by atomic mass is 32.2. The van der Waals surface area contributed by atoms with Crippen molar-refractivity contribution in [3.8, 4) is 0 Å². The van der Waals surface area contributed by atoms with E-state index < -0.39 is 10.0 Å². The van der Waals surface area contributed by atoms with E-state index in [1.807, 2.05) is 7.05 Å². The predicted molar refractivity (Wildman–Crippen MR) is 76.8 cm³/mol. The zero-order valence-corrected chi connectivity index (χ0v) is 12.6. The molecule has 0 spiro atoms.